The van der Waals surface area contributed by atoms with Gasteiger partial charge < -0.3 is 0 Å². The van der Waals surface area contributed by atoms with Gasteiger partial charge in [0.05, 0.1) is 5.69 Å². The van der Waals surface area contributed by atoms with E-state index >= 15 is 0 Å². The Morgan fingerprint density at radius 3 is 2.79 bits per heavy atom. The molecule has 3 rings (SSSR count). The summed E-state index contributed by atoms with van der Waals surface area (Å²) in [6.45, 7) is 4.09. The second kappa shape index (κ2) is 8.13. The number of unbranched alkanes of at least 4 members (excludes halogenated alkanes) is 1. The molecule has 0 aromatic carbocycles. The Morgan fingerprint density at radius 1 is 1.21 bits per heavy atom. The zero-order valence-corrected chi connectivity index (χ0v) is 16.0. The average Bonchev–Trinajstić information content (AvgIpc) is 3.01. The highest BCUT2D eigenvalue weighted by Gasteiger charge is 2.08. The Hall–Kier alpha value is -1.38. The highest BCUT2D eigenvalue weighted by Crippen LogP contribution is 2.30. The van der Waals surface area contributed by atoms with E-state index in [4.69, 9.17) is 0 Å². The standard InChI is InChI=1S/C16H18N4OS3/c1-3-4-8-22-15-18-19-16(24-15)23-10-12-9-14(21)20-11(2)6-5-7-13(20)17-12/h5-7,9H,3-4,8,10H2,1-2H3. The molecule has 24 heavy (non-hydrogen) atoms. The Labute approximate surface area is 152 Å². The lowest BCUT2D eigenvalue weighted by atomic mass is 10.3. The first-order chi connectivity index (χ1) is 11.7. The second-order valence-corrected chi connectivity index (χ2v) is 8.81. The highest BCUT2D eigenvalue weighted by atomic mass is 32.2. The topological polar surface area (TPSA) is 60.2 Å². The minimum absolute atomic E-state index is 0.0400. The molecule has 8 heteroatoms. The summed E-state index contributed by atoms with van der Waals surface area (Å²) < 4.78 is 3.55. The first-order valence-corrected chi connectivity index (χ1v) is 10.5. The van der Waals surface area contributed by atoms with Crippen LogP contribution in [0.4, 0.5) is 0 Å². The quantitative estimate of drug-likeness (QED) is 0.457. The van der Waals surface area contributed by atoms with Gasteiger partial charge in [-0.05, 0) is 25.5 Å². The molecule has 5 nitrogen and oxygen atoms in total. The van der Waals surface area contributed by atoms with Gasteiger partial charge in [0.2, 0.25) is 0 Å². The molecule has 3 aromatic heterocycles. The molecule has 0 saturated carbocycles. The maximum atomic E-state index is 12.3. The molecule has 0 fully saturated rings. The minimum Gasteiger partial charge on any atom is -0.269 e. The fraction of sp³-hybridized carbons (Fsp3) is 0.375. The van der Waals surface area contributed by atoms with Gasteiger partial charge in [0.1, 0.15) is 5.65 Å². The molecular formula is C16H18N4OS3. The third-order valence-corrected chi connectivity index (χ3v) is 6.70. The first-order valence-electron chi connectivity index (χ1n) is 7.75. The number of pyridine rings is 1. The van der Waals surface area contributed by atoms with Gasteiger partial charge >= 0.3 is 0 Å². The van der Waals surface area contributed by atoms with Gasteiger partial charge in [-0.1, -0.05) is 54.3 Å². The van der Waals surface area contributed by atoms with Crippen LogP contribution in [0, 0.1) is 6.92 Å². The Morgan fingerprint density at radius 2 is 2.00 bits per heavy atom. The van der Waals surface area contributed by atoms with Crippen molar-refractivity contribution < 1.29 is 0 Å². The van der Waals surface area contributed by atoms with Crippen molar-refractivity contribution in [3.63, 3.8) is 0 Å². The lowest BCUT2D eigenvalue weighted by Crippen LogP contribution is -2.17. The van der Waals surface area contributed by atoms with Crippen LogP contribution in [-0.2, 0) is 5.75 Å². The van der Waals surface area contributed by atoms with E-state index in [9.17, 15) is 4.79 Å². The third-order valence-electron chi connectivity index (χ3n) is 3.39. The summed E-state index contributed by atoms with van der Waals surface area (Å²) in [7, 11) is 0. The molecule has 0 aliphatic rings. The summed E-state index contributed by atoms with van der Waals surface area (Å²) in [5.74, 6) is 1.70. The smallest absolute Gasteiger partial charge is 0.258 e. The van der Waals surface area contributed by atoms with Crippen molar-refractivity contribution in [3.05, 3.63) is 46.0 Å². The van der Waals surface area contributed by atoms with Gasteiger partial charge in [-0.3, -0.25) is 9.20 Å². The maximum absolute atomic E-state index is 12.3. The van der Waals surface area contributed by atoms with Gasteiger partial charge in [0.15, 0.2) is 8.68 Å². The molecule has 0 N–H and O–H groups in total. The summed E-state index contributed by atoms with van der Waals surface area (Å²) in [4.78, 5) is 16.8. The molecule has 0 atom stereocenters. The Kier molecular flexibility index (Phi) is 5.91. The predicted octanol–water partition coefficient (Wildman–Crippen LogP) is 4.04. The van der Waals surface area contributed by atoms with E-state index in [0.29, 0.717) is 11.4 Å². The number of nitrogens with zero attached hydrogens (tertiary/aromatic N) is 4. The SMILES string of the molecule is CCCCSc1nnc(SCc2cc(=O)n3c(C)cccc3n2)s1. The zero-order valence-electron chi connectivity index (χ0n) is 13.6. The van der Waals surface area contributed by atoms with Crippen molar-refractivity contribution in [1.29, 1.82) is 0 Å². The first kappa shape index (κ1) is 17.4. The van der Waals surface area contributed by atoms with E-state index in [2.05, 4.69) is 22.1 Å². The van der Waals surface area contributed by atoms with Gasteiger partial charge in [-0.15, -0.1) is 10.2 Å². The number of aryl methyl sites for hydroxylation is 1. The van der Waals surface area contributed by atoms with Crippen LogP contribution in [0.2, 0.25) is 0 Å². The molecule has 0 saturated heterocycles. The molecule has 0 aliphatic heterocycles. The van der Waals surface area contributed by atoms with E-state index in [0.717, 1.165) is 25.8 Å². The van der Waals surface area contributed by atoms with E-state index in [-0.39, 0.29) is 5.56 Å². The van der Waals surface area contributed by atoms with Gasteiger partial charge in [-0.2, -0.15) is 0 Å². The average molecular weight is 379 g/mol. The number of aromatic nitrogens is 4. The molecule has 3 aromatic rings. The summed E-state index contributed by atoms with van der Waals surface area (Å²) in [5, 5.41) is 8.41. The molecule has 0 radical (unpaired) electrons. The van der Waals surface area contributed by atoms with E-state index in [1.165, 1.54) is 12.8 Å². The fourth-order valence-electron chi connectivity index (χ4n) is 2.19. The van der Waals surface area contributed by atoms with Crippen molar-refractivity contribution in [2.75, 3.05) is 5.75 Å². The van der Waals surface area contributed by atoms with E-state index in [1.807, 2.05) is 25.1 Å². The number of rotatable bonds is 7. The van der Waals surface area contributed by atoms with Crippen LogP contribution < -0.4 is 5.56 Å². The van der Waals surface area contributed by atoms with Crippen LogP contribution in [0.25, 0.3) is 5.65 Å². The van der Waals surface area contributed by atoms with Crippen LogP contribution in [0.1, 0.15) is 31.2 Å². The normalized spacial score (nSPS) is 11.2. The van der Waals surface area contributed by atoms with Crippen LogP contribution >= 0.6 is 34.9 Å². The number of fused-ring (bicyclic) bond motifs is 1. The Bertz CT molecular complexity index is 890. The predicted molar refractivity (Wildman–Crippen MR) is 101 cm³/mol. The lowest BCUT2D eigenvalue weighted by molar-refractivity contribution is 0.892. The number of hydrogen-bond acceptors (Lipinski definition) is 7. The van der Waals surface area contributed by atoms with Gasteiger partial charge in [0.25, 0.3) is 5.56 Å². The molecule has 0 amide bonds. The molecule has 0 bridgehead atoms. The molecule has 0 spiro atoms. The third kappa shape index (κ3) is 4.17. The van der Waals surface area contributed by atoms with Crippen molar-refractivity contribution in [1.82, 2.24) is 19.6 Å². The summed E-state index contributed by atoms with van der Waals surface area (Å²) in [5.41, 5.74) is 2.31. The van der Waals surface area contributed by atoms with Crippen molar-refractivity contribution >= 4 is 40.5 Å². The molecule has 3 heterocycles. The van der Waals surface area contributed by atoms with Crippen molar-refractivity contribution in [3.8, 4) is 0 Å². The number of thioether (sulfide) groups is 2. The molecular weight excluding hydrogens is 360 g/mol. The van der Waals surface area contributed by atoms with Crippen LogP contribution in [0.5, 0.6) is 0 Å². The lowest BCUT2D eigenvalue weighted by Gasteiger charge is -2.05. The van der Waals surface area contributed by atoms with Crippen molar-refractivity contribution in [2.24, 2.45) is 0 Å². The van der Waals surface area contributed by atoms with Gasteiger partial charge in [-0.25, -0.2) is 4.98 Å². The molecule has 0 unspecified atom stereocenters. The zero-order chi connectivity index (χ0) is 16.9. The summed E-state index contributed by atoms with van der Waals surface area (Å²) in [6.07, 6.45) is 2.38. The Balaban J connectivity index is 1.69. The van der Waals surface area contributed by atoms with Gasteiger partial charge in [0, 0.05) is 23.3 Å². The monoisotopic (exact) mass is 378 g/mol. The largest absolute Gasteiger partial charge is 0.269 e. The second-order valence-electron chi connectivity index (χ2n) is 5.27. The highest BCUT2D eigenvalue weighted by molar-refractivity contribution is 8.02. The fourth-order valence-corrected chi connectivity index (χ4v) is 5.26. The van der Waals surface area contributed by atoms with Crippen molar-refractivity contribution in [2.45, 2.75) is 41.1 Å². The maximum Gasteiger partial charge on any atom is 0.258 e. The molecule has 126 valence electrons. The summed E-state index contributed by atoms with van der Waals surface area (Å²) in [6, 6.07) is 7.28. The van der Waals surface area contributed by atoms with Crippen LogP contribution in [0.3, 0.4) is 0 Å². The van der Waals surface area contributed by atoms with E-state index in [1.54, 1.807) is 45.3 Å². The molecule has 0 aliphatic carbocycles. The summed E-state index contributed by atoms with van der Waals surface area (Å²) >= 11 is 4.94. The van der Waals surface area contributed by atoms with Crippen LogP contribution in [-0.4, -0.2) is 25.3 Å². The van der Waals surface area contributed by atoms with Crippen LogP contribution in [0.15, 0.2) is 37.7 Å². The van der Waals surface area contributed by atoms with E-state index < -0.39 is 0 Å². The number of hydrogen-bond donors (Lipinski definition) is 0. The minimum atomic E-state index is -0.0400.